The van der Waals surface area contributed by atoms with Gasteiger partial charge >= 0.3 is 0 Å². The number of piperidine rings is 1. The number of rotatable bonds is 4. The minimum absolute atomic E-state index is 0.109. The molecule has 2 N–H and O–H groups in total. The van der Waals surface area contributed by atoms with E-state index in [-0.39, 0.29) is 23.4 Å². The molecule has 1 aromatic carbocycles. The topological polar surface area (TPSA) is 76.0 Å². The maximum atomic E-state index is 12.8. The van der Waals surface area contributed by atoms with Crippen molar-refractivity contribution in [3.05, 3.63) is 40.3 Å². The fourth-order valence-corrected chi connectivity index (χ4v) is 3.10. The Labute approximate surface area is 141 Å². The molecule has 24 heavy (non-hydrogen) atoms. The summed E-state index contributed by atoms with van der Waals surface area (Å²) in [4.78, 5) is 25.3. The van der Waals surface area contributed by atoms with Crippen LogP contribution in [0.3, 0.4) is 0 Å². The fraction of sp³-hybridized carbons (Fsp3) is 0.500. The number of fused-ring (bicyclic) bond motifs is 1. The molecule has 2 aromatic rings. The van der Waals surface area contributed by atoms with Crippen LogP contribution in [-0.4, -0.2) is 34.8 Å². The number of hydrogen-bond acceptors (Lipinski definition) is 4. The Morgan fingerprint density at radius 1 is 1.38 bits per heavy atom. The van der Waals surface area contributed by atoms with Crippen LogP contribution in [0.1, 0.15) is 37.2 Å². The molecule has 6 heteroatoms. The van der Waals surface area contributed by atoms with Crippen LogP contribution in [0.2, 0.25) is 0 Å². The van der Waals surface area contributed by atoms with Gasteiger partial charge in [0.2, 0.25) is 0 Å². The van der Waals surface area contributed by atoms with Gasteiger partial charge in [-0.2, -0.15) is 5.10 Å². The molecule has 1 saturated heterocycles. The summed E-state index contributed by atoms with van der Waals surface area (Å²) in [5.74, 6) is 0.0622. The van der Waals surface area contributed by atoms with Gasteiger partial charge in [-0.25, -0.2) is 4.68 Å². The summed E-state index contributed by atoms with van der Waals surface area (Å²) in [6.07, 6.45) is 2.01. The second kappa shape index (κ2) is 7.13. The molecular formula is C18H24N4O2. The average molecular weight is 328 g/mol. The van der Waals surface area contributed by atoms with Gasteiger partial charge in [-0.05, 0) is 31.4 Å². The summed E-state index contributed by atoms with van der Waals surface area (Å²) in [5, 5.41) is 11.9. The lowest BCUT2D eigenvalue weighted by atomic mass is 10.1. The summed E-state index contributed by atoms with van der Waals surface area (Å²) < 4.78 is 1.42. The zero-order valence-corrected chi connectivity index (χ0v) is 14.2. The van der Waals surface area contributed by atoms with Gasteiger partial charge in [0.25, 0.3) is 11.5 Å². The van der Waals surface area contributed by atoms with Gasteiger partial charge in [0.05, 0.1) is 5.39 Å². The molecule has 0 saturated carbocycles. The van der Waals surface area contributed by atoms with Crippen molar-refractivity contribution in [3.8, 4) is 0 Å². The molecule has 1 aromatic heterocycles. The SMILES string of the molecule is CC(C)Cn1nc(C(=O)N[C@H]2CCCNC2)c2ccccc2c1=O. The molecule has 0 unspecified atom stereocenters. The lowest BCUT2D eigenvalue weighted by molar-refractivity contribution is 0.0924. The Morgan fingerprint density at radius 3 is 2.79 bits per heavy atom. The third-order valence-corrected chi connectivity index (χ3v) is 4.25. The zero-order valence-electron chi connectivity index (χ0n) is 14.2. The Bertz CT molecular complexity index is 791. The number of aromatic nitrogens is 2. The number of nitrogens with zero attached hydrogens (tertiary/aromatic N) is 2. The molecule has 1 aliphatic heterocycles. The molecule has 6 nitrogen and oxygen atoms in total. The number of carbonyl (C=O) groups excluding carboxylic acids is 1. The molecule has 3 rings (SSSR count). The highest BCUT2D eigenvalue weighted by Crippen LogP contribution is 2.14. The highest BCUT2D eigenvalue weighted by Gasteiger charge is 2.21. The summed E-state index contributed by atoms with van der Waals surface area (Å²) in [5.41, 5.74) is 0.187. The van der Waals surface area contributed by atoms with Crippen LogP contribution in [-0.2, 0) is 6.54 Å². The van der Waals surface area contributed by atoms with Crippen LogP contribution in [0.25, 0.3) is 10.8 Å². The van der Waals surface area contributed by atoms with Crippen molar-refractivity contribution in [2.75, 3.05) is 13.1 Å². The molecule has 128 valence electrons. The maximum absolute atomic E-state index is 12.8. The molecule has 1 amide bonds. The second-order valence-electron chi connectivity index (χ2n) is 6.79. The Morgan fingerprint density at radius 2 is 2.12 bits per heavy atom. The number of amides is 1. The van der Waals surface area contributed by atoms with Crippen molar-refractivity contribution < 1.29 is 4.79 Å². The van der Waals surface area contributed by atoms with E-state index in [2.05, 4.69) is 15.7 Å². The molecule has 0 bridgehead atoms. The summed E-state index contributed by atoms with van der Waals surface area (Å²) >= 11 is 0. The van der Waals surface area contributed by atoms with E-state index in [1.165, 1.54) is 4.68 Å². The maximum Gasteiger partial charge on any atom is 0.274 e. The average Bonchev–Trinajstić information content (AvgIpc) is 2.58. The van der Waals surface area contributed by atoms with Crippen LogP contribution in [0.5, 0.6) is 0 Å². The van der Waals surface area contributed by atoms with Gasteiger partial charge in [0.1, 0.15) is 0 Å². The number of hydrogen-bond donors (Lipinski definition) is 2. The smallest absolute Gasteiger partial charge is 0.274 e. The highest BCUT2D eigenvalue weighted by molar-refractivity contribution is 6.04. The van der Waals surface area contributed by atoms with E-state index in [1.807, 2.05) is 26.0 Å². The van der Waals surface area contributed by atoms with Crippen molar-refractivity contribution >= 4 is 16.7 Å². The lowest BCUT2D eigenvalue weighted by Gasteiger charge is -2.24. The summed E-state index contributed by atoms with van der Waals surface area (Å²) in [6, 6.07) is 7.30. The van der Waals surface area contributed by atoms with Crippen LogP contribution in [0, 0.1) is 5.92 Å². The monoisotopic (exact) mass is 328 g/mol. The van der Waals surface area contributed by atoms with E-state index in [0.29, 0.717) is 23.0 Å². The van der Waals surface area contributed by atoms with Gasteiger partial charge in [0.15, 0.2) is 5.69 Å². The number of nitrogens with one attached hydrogen (secondary N) is 2. The van der Waals surface area contributed by atoms with E-state index in [1.54, 1.807) is 12.1 Å². The van der Waals surface area contributed by atoms with Gasteiger partial charge < -0.3 is 10.6 Å². The largest absolute Gasteiger partial charge is 0.347 e. The minimum Gasteiger partial charge on any atom is -0.347 e. The summed E-state index contributed by atoms with van der Waals surface area (Å²) in [7, 11) is 0. The first-order valence-electron chi connectivity index (χ1n) is 8.57. The predicted molar refractivity (Wildman–Crippen MR) is 94.2 cm³/mol. The van der Waals surface area contributed by atoms with E-state index < -0.39 is 0 Å². The molecule has 0 aliphatic carbocycles. The first-order chi connectivity index (χ1) is 11.6. The quantitative estimate of drug-likeness (QED) is 0.892. The van der Waals surface area contributed by atoms with Crippen LogP contribution in [0.15, 0.2) is 29.1 Å². The Balaban J connectivity index is 2.00. The first-order valence-corrected chi connectivity index (χ1v) is 8.57. The molecular weight excluding hydrogens is 304 g/mol. The number of benzene rings is 1. The first kappa shape index (κ1) is 16.6. The van der Waals surface area contributed by atoms with Crippen LogP contribution in [0.4, 0.5) is 0 Å². The standard InChI is InChI=1S/C18H24N4O2/c1-12(2)11-22-18(24)15-8-4-3-7-14(15)16(21-22)17(23)20-13-6-5-9-19-10-13/h3-4,7-8,12-13,19H,5-6,9-11H2,1-2H3,(H,20,23)/t13-/m0/s1. The van der Waals surface area contributed by atoms with Crippen molar-refractivity contribution in [3.63, 3.8) is 0 Å². The normalized spacial score (nSPS) is 18.0. The Hall–Kier alpha value is -2.21. The predicted octanol–water partition coefficient (Wildman–Crippen LogP) is 1.53. The van der Waals surface area contributed by atoms with Gasteiger partial charge in [-0.1, -0.05) is 32.0 Å². The van der Waals surface area contributed by atoms with Crippen molar-refractivity contribution in [2.24, 2.45) is 5.92 Å². The van der Waals surface area contributed by atoms with E-state index >= 15 is 0 Å². The summed E-state index contributed by atoms with van der Waals surface area (Å²) in [6.45, 7) is 6.31. The van der Waals surface area contributed by atoms with Gasteiger partial charge in [-0.3, -0.25) is 9.59 Å². The third kappa shape index (κ3) is 3.48. The zero-order chi connectivity index (χ0) is 17.1. The van der Waals surface area contributed by atoms with Crippen LogP contribution >= 0.6 is 0 Å². The lowest BCUT2D eigenvalue weighted by Crippen LogP contribution is -2.46. The van der Waals surface area contributed by atoms with Gasteiger partial charge in [-0.15, -0.1) is 0 Å². The van der Waals surface area contributed by atoms with Crippen molar-refractivity contribution in [1.82, 2.24) is 20.4 Å². The molecule has 1 fully saturated rings. The van der Waals surface area contributed by atoms with Crippen molar-refractivity contribution in [2.45, 2.75) is 39.3 Å². The third-order valence-electron chi connectivity index (χ3n) is 4.25. The van der Waals surface area contributed by atoms with Crippen molar-refractivity contribution in [1.29, 1.82) is 0 Å². The minimum atomic E-state index is -0.211. The number of carbonyl (C=O) groups is 1. The Kier molecular flexibility index (Phi) is 4.94. The fourth-order valence-electron chi connectivity index (χ4n) is 3.10. The van der Waals surface area contributed by atoms with E-state index in [9.17, 15) is 9.59 Å². The molecule has 0 spiro atoms. The molecule has 1 aliphatic rings. The molecule has 2 heterocycles. The van der Waals surface area contributed by atoms with E-state index in [4.69, 9.17) is 0 Å². The molecule has 0 radical (unpaired) electrons. The highest BCUT2D eigenvalue weighted by atomic mass is 16.2. The molecule has 1 atom stereocenters. The second-order valence-corrected chi connectivity index (χ2v) is 6.79. The van der Waals surface area contributed by atoms with Gasteiger partial charge in [0, 0.05) is 24.5 Å². The van der Waals surface area contributed by atoms with E-state index in [0.717, 1.165) is 25.9 Å². The van der Waals surface area contributed by atoms with Crippen LogP contribution < -0.4 is 16.2 Å².